The Kier molecular flexibility index (Phi) is 4.96. The molecule has 1 N–H and O–H groups in total. The first-order chi connectivity index (χ1) is 10.3. The second-order valence-corrected chi connectivity index (χ2v) is 6.89. The van der Waals surface area contributed by atoms with Crippen LogP contribution in [0.4, 0.5) is 0 Å². The van der Waals surface area contributed by atoms with Gasteiger partial charge < -0.3 is 5.32 Å². The summed E-state index contributed by atoms with van der Waals surface area (Å²) in [6, 6.07) is 3.58. The third-order valence-electron chi connectivity index (χ3n) is 5.20. The van der Waals surface area contributed by atoms with E-state index in [0.29, 0.717) is 12.1 Å². The molecule has 0 bridgehead atoms. The van der Waals surface area contributed by atoms with Crippen LogP contribution in [0, 0.1) is 5.92 Å². The summed E-state index contributed by atoms with van der Waals surface area (Å²) in [4.78, 5) is 2.57. The minimum atomic E-state index is 0.664. The number of aromatic nitrogens is 2. The molecule has 21 heavy (non-hydrogen) atoms. The Morgan fingerprint density at radius 3 is 2.81 bits per heavy atom. The molecule has 0 amide bonds. The third-order valence-corrected chi connectivity index (χ3v) is 5.20. The SMILES string of the molecule is CCNC1CCN(Cc2ccn(C3CCCC3)n2)CC1C. The maximum Gasteiger partial charge on any atom is 0.0764 e. The Morgan fingerprint density at radius 1 is 1.29 bits per heavy atom. The van der Waals surface area contributed by atoms with Gasteiger partial charge >= 0.3 is 0 Å². The Hall–Kier alpha value is -0.870. The van der Waals surface area contributed by atoms with E-state index in [-0.39, 0.29) is 0 Å². The minimum Gasteiger partial charge on any atom is -0.314 e. The third kappa shape index (κ3) is 3.67. The van der Waals surface area contributed by atoms with Crippen LogP contribution in [0.2, 0.25) is 0 Å². The highest BCUT2D eigenvalue weighted by molar-refractivity contribution is 5.01. The first-order valence-electron chi connectivity index (χ1n) is 8.76. The van der Waals surface area contributed by atoms with Crippen molar-refractivity contribution in [3.8, 4) is 0 Å². The van der Waals surface area contributed by atoms with Gasteiger partial charge in [-0.3, -0.25) is 9.58 Å². The molecule has 2 unspecified atom stereocenters. The zero-order valence-electron chi connectivity index (χ0n) is 13.6. The van der Waals surface area contributed by atoms with Crippen molar-refractivity contribution >= 4 is 0 Å². The van der Waals surface area contributed by atoms with Crippen LogP contribution in [0.5, 0.6) is 0 Å². The van der Waals surface area contributed by atoms with Crippen LogP contribution in [0.3, 0.4) is 0 Å². The summed E-state index contributed by atoms with van der Waals surface area (Å²) in [5, 5.41) is 8.44. The minimum absolute atomic E-state index is 0.664. The molecule has 0 aromatic carbocycles. The molecule has 4 heteroatoms. The number of likely N-dealkylation sites (tertiary alicyclic amines) is 1. The monoisotopic (exact) mass is 290 g/mol. The number of piperidine rings is 1. The predicted octanol–water partition coefficient (Wildman–Crippen LogP) is 2.82. The largest absolute Gasteiger partial charge is 0.314 e. The summed E-state index contributed by atoms with van der Waals surface area (Å²) in [5.74, 6) is 0.732. The molecular formula is C17H30N4. The highest BCUT2D eigenvalue weighted by atomic mass is 15.3. The summed E-state index contributed by atoms with van der Waals surface area (Å²) in [6.45, 7) is 9.06. The number of hydrogen-bond acceptors (Lipinski definition) is 3. The molecule has 2 aliphatic rings. The maximum absolute atomic E-state index is 4.83. The Balaban J connectivity index is 1.53. The van der Waals surface area contributed by atoms with Gasteiger partial charge in [-0.1, -0.05) is 26.7 Å². The van der Waals surface area contributed by atoms with Gasteiger partial charge in [0, 0.05) is 31.9 Å². The van der Waals surface area contributed by atoms with E-state index in [0.717, 1.165) is 19.0 Å². The van der Waals surface area contributed by atoms with Gasteiger partial charge in [-0.25, -0.2) is 0 Å². The van der Waals surface area contributed by atoms with E-state index in [9.17, 15) is 0 Å². The van der Waals surface area contributed by atoms with Gasteiger partial charge in [0.15, 0.2) is 0 Å². The van der Waals surface area contributed by atoms with Crippen molar-refractivity contribution in [1.82, 2.24) is 20.0 Å². The fourth-order valence-electron chi connectivity index (χ4n) is 4.00. The first kappa shape index (κ1) is 15.0. The van der Waals surface area contributed by atoms with Crippen LogP contribution in [-0.2, 0) is 6.54 Å². The molecule has 1 saturated carbocycles. The molecule has 4 nitrogen and oxygen atoms in total. The van der Waals surface area contributed by atoms with Crippen molar-refractivity contribution < 1.29 is 0 Å². The number of nitrogens with one attached hydrogen (secondary N) is 1. The predicted molar refractivity (Wildman–Crippen MR) is 86.3 cm³/mol. The molecule has 1 aromatic heterocycles. The summed E-state index contributed by atoms with van der Waals surface area (Å²) in [7, 11) is 0. The maximum atomic E-state index is 4.83. The topological polar surface area (TPSA) is 33.1 Å². The number of nitrogens with zero attached hydrogens (tertiary/aromatic N) is 3. The second kappa shape index (κ2) is 6.93. The molecule has 1 saturated heterocycles. The Labute approximate surface area is 128 Å². The molecule has 1 aromatic rings. The van der Waals surface area contributed by atoms with Crippen LogP contribution in [0.1, 0.15) is 57.7 Å². The summed E-state index contributed by atoms with van der Waals surface area (Å²) in [6.07, 6.45) is 8.82. The van der Waals surface area contributed by atoms with E-state index in [1.165, 1.54) is 50.9 Å². The van der Waals surface area contributed by atoms with Crippen molar-refractivity contribution in [3.63, 3.8) is 0 Å². The van der Waals surface area contributed by atoms with Gasteiger partial charge in [0.05, 0.1) is 11.7 Å². The van der Waals surface area contributed by atoms with Crippen molar-refractivity contribution in [3.05, 3.63) is 18.0 Å². The van der Waals surface area contributed by atoms with E-state index in [2.05, 4.69) is 41.0 Å². The lowest BCUT2D eigenvalue weighted by Crippen LogP contribution is -2.47. The van der Waals surface area contributed by atoms with Crippen molar-refractivity contribution in [2.75, 3.05) is 19.6 Å². The summed E-state index contributed by atoms with van der Waals surface area (Å²) < 4.78 is 2.22. The molecular weight excluding hydrogens is 260 g/mol. The number of hydrogen-bond donors (Lipinski definition) is 1. The highest BCUT2D eigenvalue weighted by Gasteiger charge is 2.25. The molecule has 0 spiro atoms. The molecule has 1 aliphatic heterocycles. The normalized spacial score (nSPS) is 28.3. The molecule has 2 fully saturated rings. The number of rotatable bonds is 5. The molecule has 3 rings (SSSR count). The van der Waals surface area contributed by atoms with E-state index in [4.69, 9.17) is 5.10 Å². The van der Waals surface area contributed by atoms with Crippen LogP contribution in [0.15, 0.2) is 12.3 Å². The standard InChI is InChI=1S/C17H30N4/c1-3-18-17-9-10-20(12-14(17)2)13-15-8-11-21(19-15)16-6-4-5-7-16/h8,11,14,16-18H,3-7,9-10,12-13H2,1-2H3. The fourth-order valence-corrected chi connectivity index (χ4v) is 4.00. The van der Waals surface area contributed by atoms with Crippen molar-refractivity contribution in [2.45, 2.75) is 64.6 Å². The average molecular weight is 290 g/mol. The van der Waals surface area contributed by atoms with Gasteiger partial charge in [-0.2, -0.15) is 5.10 Å². The zero-order valence-corrected chi connectivity index (χ0v) is 13.6. The van der Waals surface area contributed by atoms with E-state index >= 15 is 0 Å². The quantitative estimate of drug-likeness (QED) is 0.905. The van der Waals surface area contributed by atoms with E-state index in [1.54, 1.807) is 0 Å². The molecule has 2 atom stereocenters. The van der Waals surface area contributed by atoms with Crippen LogP contribution >= 0.6 is 0 Å². The molecule has 0 radical (unpaired) electrons. The molecule has 2 heterocycles. The Bertz CT molecular complexity index is 436. The lowest BCUT2D eigenvalue weighted by atomic mass is 9.94. The second-order valence-electron chi connectivity index (χ2n) is 6.89. The van der Waals surface area contributed by atoms with Crippen LogP contribution in [0.25, 0.3) is 0 Å². The molecule has 1 aliphatic carbocycles. The van der Waals surface area contributed by atoms with Crippen LogP contribution < -0.4 is 5.32 Å². The van der Waals surface area contributed by atoms with Gasteiger partial charge in [-0.15, -0.1) is 0 Å². The molecule has 118 valence electrons. The lowest BCUT2D eigenvalue weighted by Gasteiger charge is -2.37. The van der Waals surface area contributed by atoms with Gasteiger partial charge in [0.2, 0.25) is 0 Å². The van der Waals surface area contributed by atoms with Crippen molar-refractivity contribution in [1.29, 1.82) is 0 Å². The van der Waals surface area contributed by atoms with Crippen LogP contribution in [-0.4, -0.2) is 40.4 Å². The van der Waals surface area contributed by atoms with E-state index < -0.39 is 0 Å². The Morgan fingerprint density at radius 2 is 2.10 bits per heavy atom. The van der Waals surface area contributed by atoms with Gasteiger partial charge in [-0.05, 0) is 37.8 Å². The van der Waals surface area contributed by atoms with Gasteiger partial charge in [0.1, 0.15) is 0 Å². The van der Waals surface area contributed by atoms with Gasteiger partial charge in [0.25, 0.3) is 0 Å². The average Bonchev–Trinajstić information content (AvgIpc) is 3.12. The first-order valence-corrected chi connectivity index (χ1v) is 8.76. The summed E-state index contributed by atoms with van der Waals surface area (Å²) >= 11 is 0. The summed E-state index contributed by atoms with van der Waals surface area (Å²) in [5.41, 5.74) is 1.25. The lowest BCUT2D eigenvalue weighted by molar-refractivity contribution is 0.140. The van der Waals surface area contributed by atoms with E-state index in [1.807, 2.05) is 0 Å². The zero-order chi connectivity index (χ0) is 14.7. The fraction of sp³-hybridized carbons (Fsp3) is 0.824. The smallest absolute Gasteiger partial charge is 0.0764 e. The highest BCUT2D eigenvalue weighted by Crippen LogP contribution is 2.29. The van der Waals surface area contributed by atoms with Crippen molar-refractivity contribution in [2.24, 2.45) is 5.92 Å².